The molecule has 0 spiro atoms. The largest absolute Gasteiger partial charge is 0.491 e. The Balaban J connectivity index is 1.72. The van der Waals surface area contributed by atoms with E-state index in [1.165, 1.54) is 12.1 Å². The number of aliphatic hydroxyl groups is 1. The van der Waals surface area contributed by atoms with Gasteiger partial charge < -0.3 is 15.2 Å². The Hall–Kier alpha value is -2.06. The molecular formula is C19H19BrF3NO3. The number of benzene rings is 2. The molecule has 0 saturated heterocycles. The lowest BCUT2D eigenvalue weighted by molar-refractivity contribution is -0.137. The average molecular weight is 446 g/mol. The number of rotatable bonds is 8. The van der Waals surface area contributed by atoms with Crippen LogP contribution in [0.4, 0.5) is 13.2 Å². The third-order valence-corrected chi connectivity index (χ3v) is 4.49. The molecule has 0 fully saturated rings. The number of nitrogens with one attached hydrogen (secondary N) is 1. The molecule has 1 atom stereocenters. The molecule has 2 aromatic carbocycles. The van der Waals surface area contributed by atoms with E-state index in [2.05, 4.69) is 21.2 Å². The summed E-state index contributed by atoms with van der Waals surface area (Å²) >= 11 is 3.41. The highest BCUT2D eigenvalue weighted by atomic mass is 79.9. The SMILES string of the molecule is O=C(CCc1ccccc1Br)NCC(O)COc1cccc(C(F)(F)F)c1. The molecule has 1 unspecified atom stereocenters. The van der Waals surface area contributed by atoms with Crippen molar-refractivity contribution in [2.24, 2.45) is 0 Å². The van der Waals surface area contributed by atoms with Crippen LogP contribution in [0, 0.1) is 0 Å². The van der Waals surface area contributed by atoms with Crippen LogP contribution < -0.4 is 10.1 Å². The minimum atomic E-state index is -4.46. The predicted octanol–water partition coefficient (Wildman–Crippen LogP) is 3.96. The summed E-state index contributed by atoms with van der Waals surface area (Å²) < 4.78 is 44.0. The summed E-state index contributed by atoms with van der Waals surface area (Å²) in [5.74, 6) is -0.229. The second-order valence-electron chi connectivity index (χ2n) is 5.89. The van der Waals surface area contributed by atoms with Crippen molar-refractivity contribution in [3.8, 4) is 5.75 Å². The average Bonchev–Trinajstić information content (AvgIpc) is 2.63. The molecule has 0 heterocycles. The summed E-state index contributed by atoms with van der Waals surface area (Å²) in [7, 11) is 0. The van der Waals surface area contributed by atoms with Gasteiger partial charge in [-0.2, -0.15) is 13.2 Å². The minimum Gasteiger partial charge on any atom is -0.491 e. The predicted molar refractivity (Wildman–Crippen MR) is 98.4 cm³/mol. The molecule has 4 nitrogen and oxygen atoms in total. The van der Waals surface area contributed by atoms with Crippen molar-refractivity contribution < 1.29 is 27.8 Å². The van der Waals surface area contributed by atoms with E-state index in [0.717, 1.165) is 22.2 Å². The summed E-state index contributed by atoms with van der Waals surface area (Å²) in [6.07, 6.45) is -4.69. The number of alkyl halides is 3. The summed E-state index contributed by atoms with van der Waals surface area (Å²) in [6, 6.07) is 12.0. The molecule has 0 radical (unpaired) electrons. The molecule has 8 heteroatoms. The van der Waals surface area contributed by atoms with Gasteiger partial charge in [-0.05, 0) is 36.2 Å². The van der Waals surface area contributed by atoms with Gasteiger partial charge in [-0.25, -0.2) is 0 Å². The van der Waals surface area contributed by atoms with Gasteiger partial charge in [0.2, 0.25) is 5.91 Å². The number of hydrogen-bond acceptors (Lipinski definition) is 3. The second kappa shape index (κ2) is 9.75. The molecular weight excluding hydrogens is 427 g/mol. The van der Waals surface area contributed by atoms with Gasteiger partial charge in [-0.3, -0.25) is 4.79 Å². The Kier molecular flexibility index (Phi) is 7.67. The number of carbonyl (C=O) groups is 1. The van der Waals surface area contributed by atoms with Crippen LogP contribution in [0.5, 0.6) is 5.75 Å². The minimum absolute atomic E-state index is 0.00382. The fraction of sp³-hybridized carbons (Fsp3) is 0.316. The molecule has 146 valence electrons. The monoisotopic (exact) mass is 445 g/mol. The van der Waals surface area contributed by atoms with Crippen molar-refractivity contribution in [2.75, 3.05) is 13.2 Å². The molecule has 2 aromatic rings. The lowest BCUT2D eigenvalue weighted by Gasteiger charge is -2.14. The van der Waals surface area contributed by atoms with E-state index in [0.29, 0.717) is 6.42 Å². The maximum atomic E-state index is 12.6. The van der Waals surface area contributed by atoms with Crippen molar-refractivity contribution in [3.05, 3.63) is 64.1 Å². The number of carbonyl (C=O) groups excluding carboxylic acids is 1. The smallest absolute Gasteiger partial charge is 0.416 e. The van der Waals surface area contributed by atoms with Crippen LogP contribution in [0.3, 0.4) is 0 Å². The summed E-state index contributed by atoms with van der Waals surface area (Å²) in [5, 5.41) is 12.4. The molecule has 2 rings (SSSR count). The number of aryl methyl sites for hydroxylation is 1. The van der Waals surface area contributed by atoms with Crippen LogP contribution in [0.15, 0.2) is 53.0 Å². The second-order valence-corrected chi connectivity index (χ2v) is 6.74. The van der Waals surface area contributed by atoms with Gasteiger partial charge in [-0.15, -0.1) is 0 Å². The zero-order chi connectivity index (χ0) is 19.9. The zero-order valence-corrected chi connectivity index (χ0v) is 15.9. The highest BCUT2D eigenvalue weighted by Gasteiger charge is 2.30. The third kappa shape index (κ3) is 7.22. The number of aliphatic hydroxyl groups excluding tert-OH is 1. The summed E-state index contributed by atoms with van der Waals surface area (Å²) in [5.41, 5.74) is 0.177. The molecule has 27 heavy (non-hydrogen) atoms. The fourth-order valence-electron chi connectivity index (χ4n) is 2.28. The molecule has 1 amide bonds. The highest BCUT2D eigenvalue weighted by Crippen LogP contribution is 2.31. The first-order chi connectivity index (χ1) is 12.8. The molecule has 0 bridgehead atoms. The Labute approximate surface area is 163 Å². The maximum absolute atomic E-state index is 12.6. The molecule has 0 saturated carbocycles. The van der Waals surface area contributed by atoms with Crippen molar-refractivity contribution in [1.29, 1.82) is 0 Å². The van der Waals surface area contributed by atoms with Gasteiger partial charge in [0.05, 0.1) is 5.56 Å². The number of halogens is 4. The van der Waals surface area contributed by atoms with Crippen LogP contribution in [-0.4, -0.2) is 30.3 Å². The lowest BCUT2D eigenvalue weighted by atomic mass is 10.1. The van der Waals surface area contributed by atoms with Crippen molar-refractivity contribution in [1.82, 2.24) is 5.32 Å². The van der Waals surface area contributed by atoms with Crippen LogP contribution in [0.2, 0.25) is 0 Å². The van der Waals surface area contributed by atoms with Crippen LogP contribution in [0.25, 0.3) is 0 Å². The third-order valence-electron chi connectivity index (χ3n) is 3.72. The van der Waals surface area contributed by atoms with E-state index < -0.39 is 17.8 Å². The Morgan fingerprint density at radius 2 is 1.93 bits per heavy atom. The van der Waals surface area contributed by atoms with Gasteiger partial charge >= 0.3 is 6.18 Å². The number of ether oxygens (including phenoxy) is 1. The van der Waals surface area contributed by atoms with Gasteiger partial charge in [0.15, 0.2) is 0 Å². The molecule has 0 aliphatic rings. The Morgan fingerprint density at radius 1 is 1.19 bits per heavy atom. The summed E-state index contributed by atoms with van der Waals surface area (Å²) in [4.78, 5) is 11.9. The first-order valence-electron chi connectivity index (χ1n) is 8.24. The first kappa shape index (κ1) is 21.2. The number of amides is 1. The van der Waals surface area contributed by atoms with Gasteiger partial charge in [0.1, 0.15) is 18.5 Å². The summed E-state index contributed by atoms with van der Waals surface area (Å²) in [6.45, 7) is -0.278. The fourth-order valence-corrected chi connectivity index (χ4v) is 2.77. The highest BCUT2D eigenvalue weighted by molar-refractivity contribution is 9.10. The molecule has 0 aromatic heterocycles. The van der Waals surface area contributed by atoms with Crippen molar-refractivity contribution in [3.63, 3.8) is 0 Å². The molecule has 0 aliphatic carbocycles. The van der Waals surface area contributed by atoms with Gasteiger partial charge in [0, 0.05) is 17.4 Å². The quantitative estimate of drug-likeness (QED) is 0.646. The Morgan fingerprint density at radius 3 is 2.63 bits per heavy atom. The first-order valence-corrected chi connectivity index (χ1v) is 9.03. The zero-order valence-electron chi connectivity index (χ0n) is 14.3. The van der Waals surface area contributed by atoms with E-state index in [1.807, 2.05) is 24.3 Å². The van der Waals surface area contributed by atoms with Crippen LogP contribution >= 0.6 is 15.9 Å². The Bertz CT molecular complexity index is 768. The van der Waals surface area contributed by atoms with Gasteiger partial charge in [-0.1, -0.05) is 40.2 Å². The van der Waals surface area contributed by atoms with Gasteiger partial charge in [0.25, 0.3) is 0 Å². The van der Waals surface area contributed by atoms with E-state index in [-0.39, 0.29) is 31.2 Å². The van der Waals surface area contributed by atoms with E-state index in [9.17, 15) is 23.1 Å². The standard InChI is InChI=1S/C19H19BrF3NO3/c20-17-7-2-1-4-13(17)8-9-18(26)24-11-15(25)12-27-16-6-3-5-14(10-16)19(21,22)23/h1-7,10,15,25H,8-9,11-12H2,(H,24,26). The van der Waals surface area contributed by atoms with Crippen molar-refractivity contribution in [2.45, 2.75) is 25.1 Å². The number of hydrogen-bond donors (Lipinski definition) is 2. The van der Waals surface area contributed by atoms with E-state index in [4.69, 9.17) is 4.74 Å². The van der Waals surface area contributed by atoms with Crippen LogP contribution in [-0.2, 0) is 17.4 Å². The molecule has 0 aliphatic heterocycles. The maximum Gasteiger partial charge on any atom is 0.416 e. The van der Waals surface area contributed by atoms with Crippen LogP contribution in [0.1, 0.15) is 17.5 Å². The topological polar surface area (TPSA) is 58.6 Å². The van der Waals surface area contributed by atoms with E-state index >= 15 is 0 Å². The lowest BCUT2D eigenvalue weighted by Crippen LogP contribution is -2.35. The normalized spacial score (nSPS) is 12.5. The van der Waals surface area contributed by atoms with Crippen molar-refractivity contribution >= 4 is 21.8 Å². The molecule has 2 N–H and O–H groups in total. The van der Waals surface area contributed by atoms with E-state index in [1.54, 1.807) is 0 Å².